The van der Waals surface area contributed by atoms with E-state index in [2.05, 4.69) is 5.32 Å². The highest BCUT2D eigenvalue weighted by Crippen LogP contribution is 2.24. The molecule has 0 aliphatic heterocycles. The van der Waals surface area contributed by atoms with Crippen molar-refractivity contribution in [2.24, 2.45) is 0 Å². The van der Waals surface area contributed by atoms with Gasteiger partial charge in [0.25, 0.3) is 11.6 Å². The number of carbonyl (C=O) groups excluding carboxylic acids is 2. The summed E-state index contributed by atoms with van der Waals surface area (Å²) in [5.74, 6) is 0.0301. The SMILES string of the molecule is O=C(Nc1ccccc1C(=O)OCc1ccc(Oc2ccc([N+](=O)[O-])cc2)cc1)c1ccco1. The molecule has 34 heavy (non-hydrogen) atoms. The molecule has 0 unspecified atom stereocenters. The first-order valence-electron chi connectivity index (χ1n) is 10.1. The van der Waals surface area contributed by atoms with Crippen LogP contribution in [0.15, 0.2) is 95.6 Å². The molecule has 1 N–H and O–H groups in total. The molecule has 3 aromatic carbocycles. The predicted octanol–water partition coefficient (Wildman–Crippen LogP) is 5.59. The Bertz CT molecular complexity index is 1300. The predicted molar refractivity (Wildman–Crippen MR) is 122 cm³/mol. The number of hydrogen-bond acceptors (Lipinski definition) is 7. The van der Waals surface area contributed by atoms with Crippen LogP contribution in [0.25, 0.3) is 0 Å². The molecule has 1 heterocycles. The lowest BCUT2D eigenvalue weighted by molar-refractivity contribution is -0.384. The number of benzene rings is 3. The van der Waals surface area contributed by atoms with Gasteiger partial charge in [0.05, 0.1) is 22.4 Å². The number of rotatable bonds is 8. The minimum atomic E-state index is -0.596. The first-order valence-corrected chi connectivity index (χ1v) is 10.1. The van der Waals surface area contributed by atoms with Gasteiger partial charge < -0.3 is 19.2 Å². The van der Waals surface area contributed by atoms with Crippen molar-refractivity contribution in [1.82, 2.24) is 0 Å². The van der Waals surface area contributed by atoms with E-state index in [0.717, 1.165) is 5.56 Å². The maximum atomic E-state index is 12.6. The minimum absolute atomic E-state index is 0.0110. The van der Waals surface area contributed by atoms with Gasteiger partial charge in [-0.3, -0.25) is 14.9 Å². The standard InChI is InChI=1S/C25H18N2O7/c28-24(23-6-3-15-32-23)26-22-5-2-1-4-21(22)25(29)33-16-17-7-11-19(12-8-17)34-20-13-9-18(10-14-20)27(30)31/h1-15H,16H2,(H,26,28). The minimum Gasteiger partial charge on any atom is -0.459 e. The number of ether oxygens (including phenoxy) is 2. The highest BCUT2D eigenvalue weighted by atomic mass is 16.6. The van der Waals surface area contributed by atoms with Crippen LogP contribution in [0.5, 0.6) is 11.5 Å². The van der Waals surface area contributed by atoms with E-state index in [1.54, 1.807) is 54.6 Å². The monoisotopic (exact) mass is 458 g/mol. The Kier molecular flexibility index (Phi) is 6.64. The van der Waals surface area contributed by atoms with Crippen molar-refractivity contribution in [1.29, 1.82) is 0 Å². The van der Waals surface area contributed by atoms with Gasteiger partial charge in [0.2, 0.25) is 0 Å². The summed E-state index contributed by atoms with van der Waals surface area (Å²) < 4.78 is 16.1. The first-order chi connectivity index (χ1) is 16.5. The van der Waals surface area contributed by atoms with E-state index >= 15 is 0 Å². The normalized spacial score (nSPS) is 10.4. The number of amides is 1. The topological polar surface area (TPSA) is 121 Å². The van der Waals surface area contributed by atoms with E-state index in [4.69, 9.17) is 13.9 Å². The van der Waals surface area contributed by atoms with Crippen LogP contribution in [0.4, 0.5) is 11.4 Å². The number of nitro groups is 1. The Balaban J connectivity index is 1.35. The van der Waals surface area contributed by atoms with Crippen LogP contribution in [-0.2, 0) is 11.3 Å². The molecule has 0 aliphatic carbocycles. The number of anilines is 1. The molecule has 0 atom stereocenters. The van der Waals surface area contributed by atoms with Gasteiger partial charge in [-0.25, -0.2) is 4.79 Å². The van der Waals surface area contributed by atoms with Crippen molar-refractivity contribution in [2.75, 3.05) is 5.32 Å². The van der Waals surface area contributed by atoms with Crippen molar-refractivity contribution in [2.45, 2.75) is 6.61 Å². The summed E-state index contributed by atoms with van der Waals surface area (Å²) in [6, 6.07) is 22.2. The molecule has 0 spiro atoms. The molecule has 4 aromatic rings. The number of non-ortho nitro benzene ring substituents is 1. The molecule has 0 radical (unpaired) electrons. The Morgan fingerprint density at radius 2 is 1.56 bits per heavy atom. The smallest absolute Gasteiger partial charge is 0.340 e. The summed E-state index contributed by atoms with van der Waals surface area (Å²) in [4.78, 5) is 35.1. The van der Waals surface area contributed by atoms with Crippen LogP contribution in [0, 0.1) is 10.1 Å². The van der Waals surface area contributed by atoms with Crippen molar-refractivity contribution >= 4 is 23.3 Å². The van der Waals surface area contributed by atoms with Crippen LogP contribution >= 0.6 is 0 Å². The third kappa shape index (κ3) is 5.46. The molecule has 4 rings (SSSR count). The van der Waals surface area contributed by atoms with E-state index in [1.165, 1.54) is 36.6 Å². The lowest BCUT2D eigenvalue weighted by Gasteiger charge is -2.11. The molecular weight excluding hydrogens is 440 g/mol. The van der Waals surface area contributed by atoms with Crippen molar-refractivity contribution in [3.05, 3.63) is 118 Å². The zero-order valence-corrected chi connectivity index (χ0v) is 17.7. The fourth-order valence-corrected chi connectivity index (χ4v) is 3.01. The van der Waals surface area contributed by atoms with E-state index in [0.29, 0.717) is 17.2 Å². The second-order valence-electron chi connectivity index (χ2n) is 7.05. The number of carbonyl (C=O) groups is 2. The number of nitrogens with one attached hydrogen (secondary N) is 1. The summed E-state index contributed by atoms with van der Waals surface area (Å²) in [6.07, 6.45) is 1.39. The van der Waals surface area contributed by atoms with Gasteiger partial charge in [-0.1, -0.05) is 24.3 Å². The number of esters is 1. The number of para-hydroxylation sites is 1. The van der Waals surface area contributed by atoms with E-state index in [9.17, 15) is 19.7 Å². The van der Waals surface area contributed by atoms with Gasteiger partial charge in [0.15, 0.2) is 5.76 Å². The molecule has 0 fully saturated rings. The van der Waals surface area contributed by atoms with Crippen molar-refractivity contribution in [3.63, 3.8) is 0 Å². The van der Waals surface area contributed by atoms with Crippen molar-refractivity contribution < 1.29 is 28.4 Å². The van der Waals surface area contributed by atoms with Gasteiger partial charge in [0, 0.05) is 12.1 Å². The maximum absolute atomic E-state index is 12.6. The van der Waals surface area contributed by atoms with Crippen LogP contribution in [0.3, 0.4) is 0 Å². The number of furan rings is 1. The molecule has 1 aromatic heterocycles. The quantitative estimate of drug-likeness (QED) is 0.207. The average Bonchev–Trinajstić information content (AvgIpc) is 3.39. The molecule has 0 aliphatic rings. The molecular formula is C25H18N2O7. The fraction of sp³-hybridized carbons (Fsp3) is 0.0400. The van der Waals surface area contributed by atoms with Crippen molar-refractivity contribution in [3.8, 4) is 11.5 Å². The Morgan fingerprint density at radius 1 is 0.882 bits per heavy atom. The number of nitro benzene ring substituents is 1. The molecule has 9 heteroatoms. The van der Waals surface area contributed by atoms with Gasteiger partial charge in [-0.15, -0.1) is 0 Å². The molecule has 1 amide bonds. The van der Waals surface area contributed by atoms with E-state index < -0.39 is 16.8 Å². The summed E-state index contributed by atoms with van der Waals surface area (Å²) in [6.45, 7) is 0.0110. The second-order valence-corrected chi connectivity index (χ2v) is 7.05. The first kappa shape index (κ1) is 22.3. The van der Waals surface area contributed by atoms with Crippen LogP contribution in [-0.4, -0.2) is 16.8 Å². The van der Waals surface area contributed by atoms with E-state index in [-0.39, 0.29) is 23.6 Å². The molecule has 0 saturated carbocycles. The molecule has 0 bridgehead atoms. The number of nitrogens with zero attached hydrogens (tertiary/aromatic N) is 1. The molecule has 9 nitrogen and oxygen atoms in total. The van der Waals surface area contributed by atoms with Gasteiger partial charge in [-0.05, 0) is 54.1 Å². The molecule has 0 saturated heterocycles. The van der Waals surface area contributed by atoms with Crippen LogP contribution in [0.2, 0.25) is 0 Å². The number of hydrogen-bond donors (Lipinski definition) is 1. The Hall–Kier alpha value is -4.92. The Labute approximate surface area is 193 Å². The molecule has 170 valence electrons. The second kappa shape index (κ2) is 10.1. The third-order valence-corrected chi connectivity index (χ3v) is 4.72. The van der Waals surface area contributed by atoms with Gasteiger partial charge in [-0.2, -0.15) is 0 Å². The zero-order chi connectivity index (χ0) is 23.9. The summed E-state index contributed by atoms with van der Waals surface area (Å²) in [5, 5.41) is 13.4. The Morgan fingerprint density at radius 3 is 2.21 bits per heavy atom. The summed E-state index contributed by atoms with van der Waals surface area (Å²) >= 11 is 0. The highest BCUT2D eigenvalue weighted by Gasteiger charge is 2.16. The largest absolute Gasteiger partial charge is 0.459 e. The fourth-order valence-electron chi connectivity index (χ4n) is 3.01. The van der Waals surface area contributed by atoms with Crippen LogP contribution < -0.4 is 10.1 Å². The summed E-state index contributed by atoms with van der Waals surface area (Å²) in [5.41, 5.74) is 1.22. The van der Waals surface area contributed by atoms with Gasteiger partial charge in [0.1, 0.15) is 18.1 Å². The maximum Gasteiger partial charge on any atom is 0.340 e. The highest BCUT2D eigenvalue weighted by molar-refractivity contribution is 6.06. The third-order valence-electron chi connectivity index (χ3n) is 4.72. The summed E-state index contributed by atoms with van der Waals surface area (Å²) in [7, 11) is 0. The van der Waals surface area contributed by atoms with E-state index in [1.807, 2.05) is 0 Å². The zero-order valence-electron chi connectivity index (χ0n) is 17.7. The lowest BCUT2D eigenvalue weighted by Crippen LogP contribution is -2.15. The lowest BCUT2D eigenvalue weighted by atomic mass is 10.1. The van der Waals surface area contributed by atoms with Gasteiger partial charge >= 0.3 is 5.97 Å². The van der Waals surface area contributed by atoms with Crippen LogP contribution in [0.1, 0.15) is 26.5 Å². The average molecular weight is 458 g/mol.